The van der Waals surface area contributed by atoms with E-state index in [9.17, 15) is 8.42 Å². The number of nitrogens with zero attached hydrogens (tertiary/aromatic N) is 1. The van der Waals surface area contributed by atoms with Crippen LogP contribution in [-0.4, -0.2) is 25.7 Å². The van der Waals surface area contributed by atoms with E-state index in [1.165, 1.54) is 0 Å². The van der Waals surface area contributed by atoms with E-state index in [4.69, 9.17) is 5.73 Å². The molecule has 1 heterocycles. The van der Waals surface area contributed by atoms with E-state index in [0.29, 0.717) is 13.0 Å². The van der Waals surface area contributed by atoms with Crippen LogP contribution in [0.1, 0.15) is 18.4 Å². The summed E-state index contributed by atoms with van der Waals surface area (Å²) in [5.41, 5.74) is 7.07. The molecule has 0 spiro atoms. The molecule has 0 saturated carbocycles. The smallest absolute Gasteiger partial charge is 0.211 e. The third-order valence-electron chi connectivity index (χ3n) is 3.07. The van der Waals surface area contributed by atoms with Crippen LogP contribution in [0.2, 0.25) is 0 Å². The van der Waals surface area contributed by atoms with Crippen LogP contribution in [0.4, 0.5) is 0 Å². The standard InChI is InChI=1S/C14H19N3O2S/c15-8-1-2-10-20(18,19)17-11-13-6-3-5-12-7-4-9-16-14(12)13/h3-7,9,17H,1-2,8,10-11,15H2. The van der Waals surface area contributed by atoms with E-state index in [0.717, 1.165) is 22.9 Å². The highest BCUT2D eigenvalue weighted by molar-refractivity contribution is 7.89. The molecule has 5 nitrogen and oxygen atoms in total. The number of pyridine rings is 1. The molecule has 108 valence electrons. The van der Waals surface area contributed by atoms with Crippen molar-refractivity contribution >= 4 is 20.9 Å². The summed E-state index contributed by atoms with van der Waals surface area (Å²) in [5, 5.41) is 1.01. The van der Waals surface area contributed by atoms with E-state index in [1.807, 2.05) is 30.3 Å². The highest BCUT2D eigenvalue weighted by Crippen LogP contribution is 2.15. The zero-order chi connectivity index (χ0) is 14.4. The van der Waals surface area contributed by atoms with Gasteiger partial charge < -0.3 is 5.73 Å². The lowest BCUT2D eigenvalue weighted by molar-refractivity contribution is 0.577. The van der Waals surface area contributed by atoms with Gasteiger partial charge in [0.15, 0.2) is 0 Å². The van der Waals surface area contributed by atoms with Crippen molar-refractivity contribution in [2.45, 2.75) is 19.4 Å². The van der Waals surface area contributed by atoms with Crippen LogP contribution in [0.15, 0.2) is 36.5 Å². The fourth-order valence-electron chi connectivity index (χ4n) is 2.01. The minimum Gasteiger partial charge on any atom is -0.330 e. The van der Waals surface area contributed by atoms with Crippen LogP contribution in [-0.2, 0) is 16.6 Å². The summed E-state index contributed by atoms with van der Waals surface area (Å²) in [7, 11) is -3.25. The minimum absolute atomic E-state index is 0.113. The quantitative estimate of drug-likeness (QED) is 0.756. The van der Waals surface area contributed by atoms with Crippen LogP contribution in [0, 0.1) is 0 Å². The maximum atomic E-state index is 11.8. The molecule has 0 radical (unpaired) electrons. The molecule has 2 rings (SSSR count). The monoisotopic (exact) mass is 293 g/mol. The van der Waals surface area contributed by atoms with Crippen molar-refractivity contribution < 1.29 is 8.42 Å². The molecule has 1 aromatic heterocycles. The van der Waals surface area contributed by atoms with Crippen LogP contribution >= 0.6 is 0 Å². The third kappa shape index (κ3) is 4.00. The number of hydrogen-bond acceptors (Lipinski definition) is 4. The molecule has 0 aliphatic carbocycles. The number of hydrogen-bond donors (Lipinski definition) is 2. The van der Waals surface area contributed by atoms with Crippen molar-refractivity contribution in [2.75, 3.05) is 12.3 Å². The molecule has 0 bridgehead atoms. The van der Waals surface area contributed by atoms with E-state index < -0.39 is 10.0 Å². The first-order valence-corrected chi connectivity index (χ1v) is 8.27. The zero-order valence-electron chi connectivity index (χ0n) is 11.2. The number of rotatable bonds is 7. The Kier molecular flexibility index (Phi) is 5.05. The number of nitrogens with one attached hydrogen (secondary N) is 1. The Labute approximate surface area is 119 Å². The van der Waals surface area contributed by atoms with Gasteiger partial charge in [0.25, 0.3) is 0 Å². The Morgan fingerprint density at radius 3 is 2.75 bits per heavy atom. The van der Waals surface area contributed by atoms with Crippen LogP contribution in [0.25, 0.3) is 10.9 Å². The molecule has 0 saturated heterocycles. The second-order valence-electron chi connectivity index (χ2n) is 4.63. The van der Waals surface area contributed by atoms with Crippen LogP contribution in [0.3, 0.4) is 0 Å². The van der Waals surface area contributed by atoms with Gasteiger partial charge in [-0.05, 0) is 31.0 Å². The molecule has 0 aliphatic heterocycles. The van der Waals surface area contributed by atoms with Gasteiger partial charge in [-0.3, -0.25) is 4.98 Å². The first-order valence-electron chi connectivity index (χ1n) is 6.62. The molecule has 2 aromatic rings. The Bertz CT molecular complexity index is 666. The molecule has 0 atom stereocenters. The Morgan fingerprint density at radius 1 is 1.15 bits per heavy atom. The topological polar surface area (TPSA) is 85.1 Å². The number of aromatic nitrogens is 1. The Morgan fingerprint density at radius 2 is 1.95 bits per heavy atom. The number of benzene rings is 1. The van der Waals surface area contributed by atoms with Crippen molar-refractivity contribution in [1.29, 1.82) is 0 Å². The predicted octanol–water partition coefficient (Wildman–Crippen LogP) is 1.39. The molecule has 20 heavy (non-hydrogen) atoms. The van der Waals surface area contributed by atoms with Crippen LogP contribution in [0.5, 0.6) is 0 Å². The van der Waals surface area contributed by atoms with Gasteiger partial charge in [0.05, 0.1) is 11.3 Å². The van der Waals surface area contributed by atoms with Crippen molar-refractivity contribution in [2.24, 2.45) is 5.73 Å². The van der Waals surface area contributed by atoms with Crippen molar-refractivity contribution in [3.05, 3.63) is 42.1 Å². The van der Waals surface area contributed by atoms with Gasteiger partial charge in [-0.2, -0.15) is 0 Å². The lowest BCUT2D eigenvalue weighted by Gasteiger charge is -2.08. The van der Waals surface area contributed by atoms with Gasteiger partial charge >= 0.3 is 0 Å². The van der Waals surface area contributed by atoms with Crippen LogP contribution < -0.4 is 10.5 Å². The first kappa shape index (κ1) is 14.9. The Balaban J connectivity index is 2.06. The predicted molar refractivity (Wildman–Crippen MR) is 80.7 cm³/mol. The third-order valence-corrected chi connectivity index (χ3v) is 4.48. The number of fused-ring (bicyclic) bond motifs is 1. The van der Waals surface area contributed by atoms with Crippen molar-refractivity contribution in [3.63, 3.8) is 0 Å². The number of nitrogens with two attached hydrogens (primary N) is 1. The fourth-order valence-corrected chi connectivity index (χ4v) is 3.11. The van der Waals surface area contributed by atoms with Gasteiger partial charge in [-0.15, -0.1) is 0 Å². The summed E-state index contributed by atoms with van der Waals surface area (Å²) >= 11 is 0. The molecular formula is C14H19N3O2S. The van der Waals surface area contributed by atoms with Gasteiger partial charge in [0.2, 0.25) is 10.0 Å². The highest BCUT2D eigenvalue weighted by atomic mass is 32.2. The summed E-state index contributed by atoms with van der Waals surface area (Å²) in [6.07, 6.45) is 3.01. The maximum absolute atomic E-state index is 11.8. The second kappa shape index (κ2) is 6.78. The number of unbranched alkanes of at least 4 members (excludes halogenated alkanes) is 1. The van der Waals surface area contributed by atoms with Crippen molar-refractivity contribution in [3.8, 4) is 0 Å². The normalized spacial score (nSPS) is 11.8. The summed E-state index contributed by atoms with van der Waals surface area (Å²) < 4.78 is 26.3. The van der Waals surface area contributed by atoms with Gasteiger partial charge in [-0.25, -0.2) is 13.1 Å². The summed E-state index contributed by atoms with van der Waals surface area (Å²) in [5.74, 6) is 0.113. The van der Waals surface area contributed by atoms with Gasteiger partial charge in [0, 0.05) is 18.1 Å². The fraction of sp³-hybridized carbons (Fsp3) is 0.357. The molecule has 0 amide bonds. The molecule has 0 unspecified atom stereocenters. The lowest BCUT2D eigenvalue weighted by Crippen LogP contribution is -2.26. The van der Waals surface area contributed by atoms with E-state index >= 15 is 0 Å². The molecule has 3 N–H and O–H groups in total. The second-order valence-corrected chi connectivity index (χ2v) is 6.55. The molecule has 0 aliphatic rings. The first-order chi connectivity index (χ1) is 9.62. The van der Waals surface area contributed by atoms with Gasteiger partial charge in [0.1, 0.15) is 0 Å². The van der Waals surface area contributed by atoms with E-state index in [-0.39, 0.29) is 12.3 Å². The summed E-state index contributed by atoms with van der Waals surface area (Å²) in [4.78, 5) is 4.31. The van der Waals surface area contributed by atoms with E-state index in [1.54, 1.807) is 6.20 Å². The SMILES string of the molecule is NCCCCS(=O)(=O)NCc1cccc2cccnc12. The Hall–Kier alpha value is -1.50. The molecular weight excluding hydrogens is 274 g/mol. The number of sulfonamides is 1. The molecule has 0 fully saturated rings. The molecule has 1 aromatic carbocycles. The maximum Gasteiger partial charge on any atom is 0.211 e. The zero-order valence-corrected chi connectivity index (χ0v) is 12.1. The summed E-state index contributed by atoms with van der Waals surface area (Å²) in [6.45, 7) is 0.780. The number of para-hydroxylation sites is 1. The van der Waals surface area contributed by atoms with Gasteiger partial charge in [-0.1, -0.05) is 24.3 Å². The highest BCUT2D eigenvalue weighted by Gasteiger charge is 2.10. The molecule has 6 heteroatoms. The lowest BCUT2D eigenvalue weighted by atomic mass is 10.1. The summed E-state index contributed by atoms with van der Waals surface area (Å²) in [6, 6.07) is 9.58. The average Bonchev–Trinajstić information content (AvgIpc) is 2.45. The average molecular weight is 293 g/mol. The largest absolute Gasteiger partial charge is 0.330 e. The minimum atomic E-state index is -3.25. The van der Waals surface area contributed by atoms with E-state index in [2.05, 4.69) is 9.71 Å². The van der Waals surface area contributed by atoms with Crippen molar-refractivity contribution in [1.82, 2.24) is 9.71 Å².